The van der Waals surface area contributed by atoms with Crippen molar-refractivity contribution in [3.63, 3.8) is 0 Å². The predicted molar refractivity (Wildman–Crippen MR) is 85.9 cm³/mol. The maximum absolute atomic E-state index is 12.1. The average molecular weight is 295 g/mol. The van der Waals surface area contributed by atoms with Crippen molar-refractivity contribution < 1.29 is 9.59 Å². The summed E-state index contributed by atoms with van der Waals surface area (Å²) < 4.78 is 0. The third-order valence-corrected chi connectivity index (χ3v) is 3.38. The summed E-state index contributed by atoms with van der Waals surface area (Å²) in [5.41, 5.74) is 7.86. The van der Waals surface area contributed by atoms with Crippen LogP contribution in [0.4, 0.5) is 0 Å². The van der Waals surface area contributed by atoms with Crippen molar-refractivity contribution in [1.82, 2.24) is 5.32 Å². The minimum atomic E-state index is -0.686. The molecule has 3 N–H and O–H groups in total. The van der Waals surface area contributed by atoms with Gasteiger partial charge in [0.25, 0.3) is 0 Å². The number of carbonyl (C=O) groups is 1. The van der Waals surface area contributed by atoms with Crippen molar-refractivity contribution in [3.05, 3.63) is 71.8 Å². The first kappa shape index (κ1) is 15.9. The molecule has 113 valence electrons. The van der Waals surface area contributed by atoms with Crippen LogP contribution < -0.4 is 11.1 Å². The molecule has 2 rings (SSSR count). The number of carbonyl (C=O) groups excluding carboxylic acids is 2. The Morgan fingerprint density at radius 1 is 0.955 bits per heavy atom. The molecule has 2 aromatic rings. The normalized spacial score (nSPS) is 13.1. The van der Waals surface area contributed by atoms with E-state index in [4.69, 9.17) is 5.73 Å². The van der Waals surface area contributed by atoms with Crippen LogP contribution in [-0.2, 0) is 22.4 Å². The molecule has 22 heavy (non-hydrogen) atoms. The second-order valence-electron chi connectivity index (χ2n) is 5.16. The van der Waals surface area contributed by atoms with Gasteiger partial charge < -0.3 is 11.1 Å². The highest BCUT2D eigenvalue weighted by molar-refractivity contribution is 5.84. The first-order chi connectivity index (χ1) is 10.7. The third-order valence-electron chi connectivity index (χ3n) is 3.38. The van der Waals surface area contributed by atoms with E-state index in [1.54, 1.807) is 0 Å². The molecule has 0 saturated carbocycles. The molecule has 0 bridgehead atoms. The third kappa shape index (κ3) is 4.82. The van der Waals surface area contributed by atoms with Gasteiger partial charge in [0.05, 0.1) is 12.1 Å². The second-order valence-corrected chi connectivity index (χ2v) is 5.16. The van der Waals surface area contributed by atoms with Crippen molar-refractivity contribution in [2.75, 3.05) is 0 Å². The monoisotopic (exact) mass is 295 g/mol. The average Bonchev–Trinajstić information content (AvgIpc) is 2.56. The highest BCUT2D eigenvalue weighted by atomic mass is 16.2. The Morgan fingerprint density at radius 3 is 1.95 bits per heavy atom. The minimum Gasteiger partial charge on any atom is -0.344 e. The van der Waals surface area contributed by atoms with Crippen molar-refractivity contribution in [2.45, 2.75) is 24.9 Å². The van der Waals surface area contributed by atoms with E-state index in [2.05, 4.69) is 5.32 Å². The summed E-state index contributed by atoms with van der Waals surface area (Å²) in [5.74, 6) is -0.340. The second kappa shape index (κ2) is 8.10. The van der Waals surface area contributed by atoms with E-state index in [0.29, 0.717) is 12.8 Å². The molecular weight excluding hydrogens is 276 g/mol. The van der Waals surface area contributed by atoms with Gasteiger partial charge >= 0.3 is 0 Å². The molecule has 2 atom stereocenters. The summed E-state index contributed by atoms with van der Waals surface area (Å²) in [6, 6.07) is 17.7. The standard InChI is InChI=1S/C18H19N2O2/c19-17(12-15-9-5-2-6-10-15)18(22)20-16(13-21)11-14-7-3-1-4-8-14/h1-10,16-17H,11-12,19H2,(H,20,22)/t16-,17-/m0/s1. The van der Waals surface area contributed by atoms with Gasteiger partial charge in [0.2, 0.25) is 12.2 Å². The summed E-state index contributed by atoms with van der Waals surface area (Å²) in [6.45, 7) is 0. The van der Waals surface area contributed by atoms with E-state index in [1.807, 2.05) is 66.9 Å². The van der Waals surface area contributed by atoms with Gasteiger partial charge in [-0.25, -0.2) is 0 Å². The topological polar surface area (TPSA) is 72.2 Å². The van der Waals surface area contributed by atoms with Crippen molar-refractivity contribution in [2.24, 2.45) is 5.73 Å². The quantitative estimate of drug-likeness (QED) is 0.811. The lowest BCUT2D eigenvalue weighted by Gasteiger charge is -2.16. The van der Waals surface area contributed by atoms with Gasteiger partial charge in [0, 0.05) is 6.42 Å². The fourth-order valence-corrected chi connectivity index (χ4v) is 2.21. The summed E-state index contributed by atoms with van der Waals surface area (Å²) in [5, 5.41) is 2.65. The molecule has 0 heterocycles. The molecule has 1 amide bonds. The van der Waals surface area contributed by atoms with E-state index in [0.717, 1.165) is 11.1 Å². The molecule has 2 aromatic carbocycles. The van der Waals surface area contributed by atoms with Crippen LogP contribution in [0.25, 0.3) is 0 Å². The maximum atomic E-state index is 12.1. The van der Waals surface area contributed by atoms with Gasteiger partial charge in [0.1, 0.15) is 0 Å². The number of nitrogens with two attached hydrogens (primary N) is 1. The van der Waals surface area contributed by atoms with E-state index in [1.165, 1.54) is 0 Å². The van der Waals surface area contributed by atoms with E-state index >= 15 is 0 Å². The minimum absolute atomic E-state index is 0.340. The van der Waals surface area contributed by atoms with Crippen LogP contribution in [0.5, 0.6) is 0 Å². The summed E-state index contributed by atoms with van der Waals surface area (Å²) in [7, 11) is 0. The van der Waals surface area contributed by atoms with Crippen LogP contribution in [0.3, 0.4) is 0 Å². The Balaban J connectivity index is 1.90. The van der Waals surface area contributed by atoms with Crippen LogP contribution in [0.2, 0.25) is 0 Å². The summed E-state index contributed by atoms with van der Waals surface area (Å²) >= 11 is 0. The molecule has 0 fully saturated rings. The van der Waals surface area contributed by atoms with Gasteiger partial charge in [-0.15, -0.1) is 0 Å². The van der Waals surface area contributed by atoms with E-state index < -0.39 is 12.1 Å². The maximum Gasteiger partial charge on any atom is 0.237 e. The van der Waals surface area contributed by atoms with E-state index in [-0.39, 0.29) is 5.91 Å². The highest BCUT2D eigenvalue weighted by Crippen LogP contribution is 2.04. The Morgan fingerprint density at radius 2 is 1.45 bits per heavy atom. The van der Waals surface area contributed by atoms with E-state index in [9.17, 15) is 9.59 Å². The number of amides is 1. The number of rotatable bonds is 7. The first-order valence-electron chi connectivity index (χ1n) is 7.20. The van der Waals surface area contributed by atoms with Crippen molar-refractivity contribution in [3.8, 4) is 0 Å². The summed E-state index contributed by atoms with van der Waals surface area (Å²) in [4.78, 5) is 23.1. The van der Waals surface area contributed by atoms with Crippen LogP contribution in [0.1, 0.15) is 11.1 Å². The largest absolute Gasteiger partial charge is 0.344 e. The predicted octanol–water partition coefficient (Wildman–Crippen LogP) is 1.39. The summed E-state index contributed by atoms with van der Waals surface area (Å²) in [6.07, 6.45) is 2.71. The Kier molecular flexibility index (Phi) is 5.86. The molecule has 4 nitrogen and oxygen atoms in total. The van der Waals surface area contributed by atoms with Crippen molar-refractivity contribution >= 4 is 12.2 Å². The van der Waals surface area contributed by atoms with Gasteiger partial charge in [-0.3, -0.25) is 9.59 Å². The molecule has 0 aliphatic heterocycles. The molecule has 1 radical (unpaired) electrons. The first-order valence-corrected chi connectivity index (χ1v) is 7.20. The molecule has 4 heteroatoms. The van der Waals surface area contributed by atoms with Gasteiger partial charge in [-0.1, -0.05) is 60.7 Å². The van der Waals surface area contributed by atoms with Crippen LogP contribution in [-0.4, -0.2) is 24.3 Å². The van der Waals surface area contributed by atoms with Gasteiger partial charge in [0.15, 0.2) is 0 Å². The molecule has 0 aliphatic carbocycles. The van der Waals surface area contributed by atoms with Crippen LogP contribution in [0, 0.1) is 0 Å². The Bertz CT molecular complexity index is 599. The molecule has 0 unspecified atom stereocenters. The zero-order valence-corrected chi connectivity index (χ0v) is 12.2. The number of hydrogen-bond acceptors (Lipinski definition) is 3. The Hall–Kier alpha value is -2.46. The van der Waals surface area contributed by atoms with Crippen LogP contribution >= 0.6 is 0 Å². The molecular formula is C18H19N2O2. The van der Waals surface area contributed by atoms with Gasteiger partial charge in [-0.05, 0) is 17.5 Å². The lowest BCUT2D eigenvalue weighted by Crippen LogP contribution is -2.47. The zero-order valence-electron chi connectivity index (χ0n) is 12.2. The van der Waals surface area contributed by atoms with Crippen molar-refractivity contribution in [1.29, 1.82) is 0 Å². The zero-order chi connectivity index (χ0) is 15.8. The molecule has 0 aromatic heterocycles. The molecule has 0 spiro atoms. The lowest BCUT2D eigenvalue weighted by atomic mass is 10.0. The van der Waals surface area contributed by atoms with Crippen LogP contribution in [0.15, 0.2) is 60.7 Å². The highest BCUT2D eigenvalue weighted by Gasteiger charge is 2.18. The smallest absolute Gasteiger partial charge is 0.237 e. The molecule has 0 aliphatic rings. The number of nitrogens with one attached hydrogen (secondary N) is 1. The molecule has 0 saturated heterocycles. The fraction of sp³-hybridized carbons (Fsp3) is 0.222. The SMILES string of the molecule is N[C@@H](Cc1ccccc1)C(=O)N[C@H]([C]=O)Cc1ccccc1. The number of hydrogen-bond donors (Lipinski definition) is 2. The Labute approximate surface area is 130 Å². The fourth-order valence-electron chi connectivity index (χ4n) is 2.21. The number of benzene rings is 2. The van der Waals surface area contributed by atoms with Gasteiger partial charge in [-0.2, -0.15) is 0 Å². The lowest BCUT2D eigenvalue weighted by molar-refractivity contribution is -0.122.